The lowest BCUT2D eigenvalue weighted by Gasteiger charge is -2.53. The van der Waals surface area contributed by atoms with Crippen molar-refractivity contribution in [3.05, 3.63) is 107 Å². The minimum atomic E-state index is -0.267. The summed E-state index contributed by atoms with van der Waals surface area (Å²) in [5.74, 6) is -0.356. The monoisotopic (exact) mass is 579 g/mol. The SMILES string of the molecule is CN(C)C(=O)c1ccc(CN2CCn3c(C(=O)NCc4ccc(NC(=O)c5cn(C)cn5)cc4)ccc3C23CCC3)cc1. The molecule has 0 atom stereocenters. The second-order valence-electron chi connectivity index (χ2n) is 11.7. The third-order valence-electron chi connectivity index (χ3n) is 8.65. The fraction of sp³-hybridized carbons (Fsp3) is 0.333. The topological polar surface area (TPSA) is 105 Å². The molecule has 1 aliphatic carbocycles. The summed E-state index contributed by atoms with van der Waals surface area (Å²) in [6.45, 7) is 2.79. The quantitative estimate of drug-likeness (QED) is 0.329. The molecular formula is C33H37N7O3. The van der Waals surface area contributed by atoms with Crippen molar-refractivity contribution in [2.45, 2.75) is 44.4 Å². The molecule has 1 aliphatic heterocycles. The van der Waals surface area contributed by atoms with Crippen LogP contribution in [-0.2, 0) is 32.2 Å². The smallest absolute Gasteiger partial charge is 0.275 e. The number of fused-ring (bicyclic) bond motifs is 2. The highest BCUT2D eigenvalue weighted by Gasteiger charge is 2.48. The average Bonchev–Trinajstić information content (AvgIpc) is 3.62. The van der Waals surface area contributed by atoms with E-state index in [1.165, 1.54) is 11.3 Å². The summed E-state index contributed by atoms with van der Waals surface area (Å²) < 4.78 is 3.92. The zero-order valence-electron chi connectivity index (χ0n) is 24.8. The van der Waals surface area contributed by atoms with Gasteiger partial charge in [-0.2, -0.15) is 0 Å². The summed E-state index contributed by atoms with van der Waals surface area (Å²) in [5, 5.41) is 5.92. The number of nitrogens with zero attached hydrogens (tertiary/aromatic N) is 5. The first kappa shape index (κ1) is 28.4. The molecule has 1 fully saturated rings. The van der Waals surface area contributed by atoms with Gasteiger partial charge in [0.05, 0.1) is 11.9 Å². The number of benzene rings is 2. The van der Waals surface area contributed by atoms with Gasteiger partial charge in [-0.1, -0.05) is 24.3 Å². The maximum atomic E-state index is 13.3. The molecule has 1 saturated carbocycles. The number of amides is 3. The van der Waals surface area contributed by atoms with E-state index < -0.39 is 0 Å². The summed E-state index contributed by atoms with van der Waals surface area (Å²) in [6, 6.07) is 19.4. The van der Waals surface area contributed by atoms with E-state index >= 15 is 0 Å². The maximum Gasteiger partial charge on any atom is 0.275 e. The lowest BCUT2D eigenvalue weighted by atomic mass is 9.71. The molecule has 43 heavy (non-hydrogen) atoms. The Morgan fingerprint density at radius 2 is 1.63 bits per heavy atom. The summed E-state index contributed by atoms with van der Waals surface area (Å²) in [4.78, 5) is 46.2. The minimum absolute atomic E-state index is 0.00531. The first-order valence-electron chi connectivity index (χ1n) is 14.7. The first-order valence-corrected chi connectivity index (χ1v) is 14.7. The van der Waals surface area contributed by atoms with E-state index in [0.29, 0.717) is 29.2 Å². The molecule has 2 aliphatic rings. The van der Waals surface area contributed by atoms with Crippen LogP contribution in [0.15, 0.2) is 73.2 Å². The van der Waals surface area contributed by atoms with Crippen molar-refractivity contribution >= 4 is 23.4 Å². The van der Waals surface area contributed by atoms with Crippen molar-refractivity contribution in [2.75, 3.05) is 26.0 Å². The zero-order valence-corrected chi connectivity index (χ0v) is 24.8. The highest BCUT2D eigenvalue weighted by atomic mass is 16.2. The molecule has 0 bridgehead atoms. The number of rotatable bonds is 8. The fourth-order valence-electron chi connectivity index (χ4n) is 6.16. The van der Waals surface area contributed by atoms with Crippen LogP contribution in [0.3, 0.4) is 0 Å². The van der Waals surface area contributed by atoms with Gasteiger partial charge in [0.1, 0.15) is 11.4 Å². The molecule has 222 valence electrons. The van der Waals surface area contributed by atoms with Crippen molar-refractivity contribution < 1.29 is 14.4 Å². The molecular weight excluding hydrogens is 542 g/mol. The molecule has 2 aromatic carbocycles. The van der Waals surface area contributed by atoms with E-state index in [4.69, 9.17) is 0 Å². The van der Waals surface area contributed by atoms with Gasteiger partial charge in [-0.05, 0) is 66.8 Å². The number of hydrogen-bond donors (Lipinski definition) is 2. The number of carbonyl (C=O) groups is 3. The Bertz CT molecular complexity index is 1650. The predicted octanol–water partition coefficient (Wildman–Crippen LogP) is 4.00. The number of carbonyl (C=O) groups excluding carboxylic acids is 3. The number of aromatic nitrogens is 3. The van der Waals surface area contributed by atoms with Crippen molar-refractivity contribution in [3.8, 4) is 0 Å². The zero-order chi connectivity index (χ0) is 30.1. The summed E-state index contributed by atoms with van der Waals surface area (Å²) in [7, 11) is 5.34. The lowest BCUT2D eigenvalue weighted by molar-refractivity contribution is -0.0217. The third kappa shape index (κ3) is 5.58. The second kappa shape index (κ2) is 11.5. The van der Waals surface area contributed by atoms with E-state index in [9.17, 15) is 14.4 Å². The molecule has 3 heterocycles. The summed E-state index contributed by atoms with van der Waals surface area (Å²) in [6.07, 6.45) is 6.55. The van der Waals surface area contributed by atoms with Crippen molar-refractivity contribution in [1.82, 2.24) is 29.2 Å². The lowest BCUT2D eigenvalue weighted by Crippen LogP contribution is -2.56. The van der Waals surface area contributed by atoms with Gasteiger partial charge in [0.2, 0.25) is 0 Å². The molecule has 6 rings (SSSR count). The van der Waals surface area contributed by atoms with Gasteiger partial charge in [-0.3, -0.25) is 19.3 Å². The molecule has 1 spiro atoms. The number of imidazole rings is 1. The molecule has 2 N–H and O–H groups in total. The first-order chi connectivity index (χ1) is 20.7. The highest BCUT2D eigenvalue weighted by molar-refractivity contribution is 6.02. The molecule has 4 aromatic rings. The molecule has 0 radical (unpaired) electrons. The van der Waals surface area contributed by atoms with Crippen LogP contribution in [0.5, 0.6) is 0 Å². The molecule has 0 unspecified atom stereocenters. The van der Waals surface area contributed by atoms with Crippen LogP contribution in [-0.4, -0.2) is 62.3 Å². The van der Waals surface area contributed by atoms with Gasteiger partial charge in [-0.15, -0.1) is 0 Å². The van der Waals surface area contributed by atoms with Crippen LogP contribution >= 0.6 is 0 Å². The summed E-state index contributed by atoms with van der Waals surface area (Å²) in [5.41, 5.74) is 5.67. The van der Waals surface area contributed by atoms with Gasteiger partial charge in [0.25, 0.3) is 17.7 Å². The predicted molar refractivity (Wildman–Crippen MR) is 164 cm³/mol. The second-order valence-corrected chi connectivity index (χ2v) is 11.7. The van der Waals surface area contributed by atoms with Gasteiger partial charge in [0, 0.05) is 70.5 Å². The van der Waals surface area contributed by atoms with E-state index in [1.807, 2.05) is 49.5 Å². The van der Waals surface area contributed by atoms with Gasteiger partial charge in [0.15, 0.2) is 0 Å². The molecule has 10 nitrogen and oxygen atoms in total. The van der Waals surface area contributed by atoms with Crippen molar-refractivity contribution in [1.29, 1.82) is 0 Å². The standard InChI is InChI=1S/C33H37N7O3/c1-37(2)32(43)25-9-5-24(6-10-25)20-39-17-18-40-28(13-14-29(40)33(39)15-4-16-33)31(42)34-19-23-7-11-26(12-8-23)36-30(41)27-21-38(3)22-35-27/h5-14,21-22H,4,15-20H2,1-3H3,(H,34,42)(H,36,41). The molecule has 10 heteroatoms. The Morgan fingerprint density at radius 3 is 2.26 bits per heavy atom. The summed E-state index contributed by atoms with van der Waals surface area (Å²) >= 11 is 0. The van der Waals surface area contributed by atoms with Crippen LogP contribution in [0.4, 0.5) is 5.69 Å². The largest absolute Gasteiger partial charge is 0.347 e. The fourth-order valence-corrected chi connectivity index (χ4v) is 6.16. The van der Waals surface area contributed by atoms with Crippen LogP contribution in [0.25, 0.3) is 0 Å². The van der Waals surface area contributed by atoms with Crippen LogP contribution in [0.1, 0.15) is 67.4 Å². The molecule has 0 saturated heterocycles. The van der Waals surface area contributed by atoms with Crippen LogP contribution in [0.2, 0.25) is 0 Å². The Balaban J connectivity index is 1.08. The van der Waals surface area contributed by atoms with Gasteiger partial charge in [-0.25, -0.2) is 4.98 Å². The Hall–Kier alpha value is -4.70. The van der Waals surface area contributed by atoms with E-state index in [1.54, 1.807) is 36.1 Å². The van der Waals surface area contributed by atoms with E-state index in [-0.39, 0.29) is 23.3 Å². The average molecular weight is 580 g/mol. The Kier molecular flexibility index (Phi) is 7.62. The number of anilines is 1. The van der Waals surface area contributed by atoms with E-state index in [2.05, 4.69) is 43.3 Å². The third-order valence-corrected chi connectivity index (χ3v) is 8.65. The van der Waals surface area contributed by atoms with Gasteiger partial charge < -0.3 is 24.7 Å². The Labute approximate surface area is 251 Å². The normalized spacial score (nSPS) is 15.4. The maximum absolute atomic E-state index is 13.3. The van der Waals surface area contributed by atoms with E-state index in [0.717, 1.165) is 44.5 Å². The van der Waals surface area contributed by atoms with Crippen LogP contribution < -0.4 is 10.6 Å². The van der Waals surface area contributed by atoms with Gasteiger partial charge >= 0.3 is 0 Å². The van der Waals surface area contributed by atoms with Crippen molar-refractivity contribution in [2.24, 2.45) is 7.05 Å². The number of hydrogen-bond acceptors (Lipinski definition) is 5. The number of aryl methyl sites for hydroxylation is 1. The molecule has 2 aromatic heterocycles. The highest BCUT2D eigenvalue weighted by Crippen LogP contribution is 2.49. The van der Waals surface area contributed by atoms with Crippen LogP contribution in [0, 0.1) is 0 Å². The van der Waals surface area contributed by atoms with Crippen molar-refractivity contribution in [3.63, 3.8) is 0 Å². The Morgan fingerprint density at radius 1 is 0.907 bits per heavy atom. The molecule has 3 amide bonds. The minimum Gasteiger partial charge on any atom is -0.347 e. The number of nitrogens with one attached hydrogen (secondary N) is 2.